The van der Waals surface area contributed by atoms with E-state index >= 15 is 0 Å². The van der Waals surface area contributed by atoms with E-state index in [1.807, 2.05) is 25.1 Å². The first-order chi connectivity index (χ1) is 13.6. The number of hydrogen-bond donors (Lipinski definition) is 0. The highest BCUT2D eigenvalue weighted by Gasteiger charge is 2.15. The van der Waals surface area contributed by atoms with Crippen molar-refractivity contribution in [2.45, 2.75) is 13.5 Å². The van der Waals surface area contributed by atoms with Crippen LogP contribution in [0.2, 0.25) is 0 Å². The number of esters is 1. The highest BCUT2D eigenvalue weighted by molar-refractivity contribution is 5.90. The molecule has 3 rings (SSSR count). The lowest BCUT2D eigenvalue weighted by Gasteiger charge is -2.10. The molecule has 0 radical (unpaired) electrons. The summed E-state index contributed by atoms with van der Waals surface area (Å²) in [5.74, 6) is 1.72. The van der Waals surface area contributed by atoms with Gasteiger partial charge >= 0.3 is 5.97 Å². The predicted octanol–water partition coefficient (Wildman–Crippen LogP) is 3.51. The SMILES string of the molecule is CCOc1ccc(C(=O)OCc2nc(-c3cccc(OC)c3)no2)cc1OC. The molecule has 1 heterocycles. The van der Waals surface area contributed by atoms with E-state index in [1.165, 1.54) is 7.11 Å². The summed E-state index contributed by atoms with van der Waals surface area (Å²) in [5.41, 5.74) is 1.06. The molecule has 0 aliphatic heterocycles. The Morgan fingerprint density at radius 3 is 2.68 bits per heavy atom. The van der Waals surface area contributed by atoms with Gasteiger partial charge in [-0.3, -0.25) is 0 Å². The average Bonchev–Trinajstić information content (AvgIpc) is 3.21. The Morgan fingerprint density at radius 2 is 1.93 bits per heavy atom. The van der Waals surface area contributed by atoms with Crippen molar-refractivity contribution in [3.05, 3.63) is 53.9 Å². The van der Waals surface area contributed by atoms with Gasteiger partial charge in [0.1, 0.15) is 5.75 Å². The van der Waals surface area contributed by atoms with Crippen LogP contribution in [0.25, 0.3) is 11.4 Å². The monoisotopic (exact) mass is 384 g/mol. The van der Waals surface area contributed by atoms with Gasteiger partial charge in [-0.25, -0.2) is 4.79 Å². The fourth-order valence-corrected chi connectivity index (χ4v) is 2.47. The van der Waals surface area contributed by atoms with Gasteiger partial charge in [-0.1, -0.05) is 17.3 Å². The van der Waals surface area contributed by atoms with Crippen molar-refractivity contribution >= 4 is 5.97 Å². The summed E-state index contributed by atoms with van der Waals surface area (Å²) in [4.78, 5) is 16.5. The van der Waals surface area contributed by atoms with Crippen LogP contribution in [0.3, 0.4) is 0 Å². The standard InChI is InChI=1S/C20H20N2O6/c1-4-26-16-9-8-14(11-17(16)25-3)20(23)27-12-18-21-19(22-28-18)13-6-5-7-15(10-13)24-2/h5-11H,4,12H2,1-3H3. The summed E-state index contributed by atoms with van der Waals surface area (Å²) in [6.45, 7) is 2.21. The normalized spacial score (nSPS) is 10.4. The molecule has 0 spiro atoms. The van der Waals surface area contributed by atoms with E-state index in [9.17, 15) is 4.79 Å². The van der Waals surface area contributed by atoms with Crippen molar-refractivity contribution in [2.75, 3.05) is 20.8 Å². The number of carbonyl (C=O) groups excluding carboxylic acids is 1. The highest BCUT2D eigenvalue weighted by atomic mass is 16.6. The summed E-state index contributed by atoms with van der Waals surface area (Å²) < 4.78 is 26.3. The largest absolute Gasteiger partial charge is 0.497 e. The quantitative estimate of drug-likeness (QED) is 0.545. The van der Waals surface area contributed by atoms with Crippen LogP contribution < -0.4 is 14.2 Å². The van der Waals surface area contributed by atoms with Crippen LogP contribution in [0, 0.1) is 0 Å². The third kappa shape index (κ3) is 4.40. The number of ether oxygens (including phenoxy) is 4. The molecular formula is C20H20N2O6. The van der Waals surface area contributed by atoms with Gasteiger partial charge < -0.3 is 23.5 Å². The summed E-state index contributed by atoms with van der Waals surface area (Å²) in [5, 5.41) is 3.90. The number of rotatable bonds is 8. The van der Waals surface area contributed by atoms with Crippen molar-refractivity contribution in [3.8, 4) is 28.6 Å². The smallest absolute Gasteiger partial charge is 0.338 e. The second kappa shape index (κ2) is 8.90. The van der Waals surface area contributed by atoms with Crippen molar-refractivity contribution in [2.24, 2.45) is 0 Å². The molecule has 146 valence electrons. The van der Waals surface area contributed by atoms with Gasteiger partial charge in [0, 0.05) is 5.56 Å². The lowest BCUT2D eigenvalue weighted by atomic mass is 10.2. The molecule has 0 N–H and O–H groups in total. The summed E-state index contributed by atoms with van der Waals surface area (Å²) in [6, 6.07) is 12.1. The Labute approximate surface area is 162 Å². The summed E-state index contributed by atoms with van der Waals surface area (Å²) >= 11 is 0. The molecule has 2 aromatic carbocycles. The zero-order valence-corrected chi connectivity index (χ0v) is 15.8. The number of aromatic nitrogens is 2. The summed E-state index contributed by atoms with van der Waals surface area (Å²) in [7, 11) is 3.08. The van der Waals surface area contributed by atoms with Crippen molar-refractivity contribution < 1.29 is 28.3 Å². The molecule has 0 atom stereocenters. The molecule has 8 nitrogen and oxygen atoms in total. The Kier molecular flexibility index (Phi) is 6.11. The van der Waals surface area contributed by atoms with Gasteiger partial charge in [-0.15, -0.1) is 0 Å². The van der Waals surface area contributed by atoms with Crippen LogP contribution in [0.15, 0.2) is 47.0 Å². The fraction of sp³-hybridized carbons (Fsp3) is 0.250. The fourth-order valence-electron chi connectivity index (χ4n) is 2.47. The van der Waals surface area contributed by atoms with E-state index in [0.29, 0.717) is 35.2 Å². The van der Waals surface area contributed by atoms with E-state index in [1.54, 1.807) is 31.4 Å². The van der Waals surface area contributed by atoms with Gasteiger partial charge in [0.15, 0.2) is 18.1 Å². The highest BCUT2D eigenvalue weighted by Crippen LogP contribution is 2.28. The average molecular weight is 384 g/mol. The molecule has 0 fully saturated rings. The second-order valence-corrected chi connectivity index (χ2v) is 5.62. The van der Waals surface area contributed by atoms with E-state index in [-0.39, 0.29) is 12.5 Å². The van der Waals surface area contributed by atoms with E-state index in [2.05, 4.69) is 10.1 Å². The van der Waals surface area contributed by atoms with Crippen LogP contribution in [0.4, 0.5) is 0 Å². The van der Waals surface area contributed by atoms with Crippen molar-refractivity contribution in [1.29, 1.82) is 0 Å². The number of hydrogen-bond acceptors (Lipinski definition) is 8. The molecule has 1 aromatic heterocycles. The number of benzene rings is 2. The molecular weight excluding hydrogens is 364 g/mol. The first-order valence-electron chi connectivity index (χ1n) is 8.59. The predicted molar refractivity (Wildman–Crippen MR) is 99.6 cm³/mol. The van der Waals surface area contributed by atoms with E-state index in [0.717, 1.165) is 5.56 Å². The Morgan fingerprint density at radius 1 is 1.07 bits per heavy atom. The lowest BCUT2D eigenvalue weighted by molar-refractivity contribution is 0.0429. The van der Waals surface area contributed by atoms with E-state index < -0.39 is 5.97 Å². The maximum Gasteiger partial charge on any atom is 0.338 e. The van der Waals surface area contributed by atoms with Crippen LogP contribution >= 0.6 is 0 Å². The number of carbonyl (C=O) groups is 1. The molecule has 28 heavy (non-hydrogen) atoms. The van der Waals surface area contributed by atoms with Crippen LogP contribution in [0.1, 0.15) is 23.2 Å². The Bertz CT molecular complexity index is 953. The minimum Gasteiger partial charge on any atom is -0.497 e. The molecule has 0 aliphatic rings. The van der Waals surface area contributed by atoms with Gasteiger partial charge in [0.25, 0.3) is 5.89 Å². The first kappa shape index (κ1) is 19.2. The van der Waals surface area contributed by atoms with Gasteiger partial charge in [-0.2, -0.15) is 4.98 Å². The third-order valence-electron chi connectivity index (χ3n) is 3.82. The minimum absolute atomic E-state index is 0.147. The molecule has 0 amide bonds. The first-order valence-corrected chi connectivity index (χ1v) is 8.59. The van der Waals surface area contributed by atoms with Gasteiger partial charge in [0.05, 0.1) is 26.4 Å². The molecule has 3 aromatic rings. The van der Waals surface area contributed by atoms with Gasteiger partial charge in [-0.05, 0) is 37.3 Å². The van der Waals surface area contributed by atoms with E-state index in [4.69, 9.17) is 23.5 Å². The zero-order valence-electron chi connectivity index (χ0n) is 15.8. The molecule has 0 saturated carbocycles. The third-order valence-corrected chi connectivity index (χ3v) is 3.82. The molecule has 0 aliphatic carbocycles. The zero-order chi connectivity index (χ0) is 19.9. The van der Waals surface area contributed by atoms with Crippen LogP contribution in [-0.4, -0.2) is 36.9 Å². The number of methoxy groups -OCH3 is 2. The Balaban J connectivity index is 1.66. The molecule has 0 unspecified atom stereocenters. The van der Waals surface area contributed by atoms with Gasteiger partial charge in [0.2, 0.25) is 5.82 Å². The van der Waals surface area contributed by atoms with Crippen LogP contribution in [0.5, 0.6) is 17.2 Å². The topological polar surface area (TPSA) is 92.9 Å². The maximum absolute atomic E-state index is 12.3. The van der Waals surface area contributed by atoms with Crippen molar-refractivity contribution in [3.63, 3.8) is 0 Å². The minimum atomic E-state index is -0.539. The van der Waals surface area contributed by atoms with Crippen LogP contribution in [-0.2, 0) is 11.3 Å². The lowest BCUT2D eigenvalue weighted by Crippen LogP contribution is -2.06. The number of nitrogens with zero attached hydrogens (tertiary/aromatic N) is 2. The summed E-state index contributed by atoms with van der Waals surface area (Å²) in [6.07, 6.45) is 0. The maximum atomic E-state index is 12.3. The Hall–Kier alpha value is -3.55. The molecule has 0 saturated heterocycles. The molecule has 8 heteroatoms. The second-order valence-electron chi connectivity index (χ2n) is 5.62. The molecule has 0 bridgehead atoms. The van der Waals surface area contributed by atoms with Crippen molar-refractivity contribution in [1.82, 2.24) is 10.1 Å².